The first-order valence-electron chi connectivity index (χ1n) is 9.96. The number of H-pyrrole nitrogens is 1. The van der Waals surface area contributed by atoms with Crippen molar-refractivity contribution in [1.29, 1.82) is 0 Å². The number of hydrogen-bond donors (Lipinski definition) is 1. The number of nitrogens with zero attached hydrogens (tertiary/aromatic N) is 1. The van der Waals surface area contributed by atoms with Gasteiger partial charge in [0.15, 0.2) is 5.43 Å². The van der Waals surface area contributed by atoms with E-state index in [1.807, 2.05) is 43.5 Å². The van der Waals surface area contributed by atoms with Crippen molar-refractivity contribution >= 4 is 10.9 Å². The van der Waals surface area contributed by atoms with Gasteiger partial charge in [0.05, 0.1) is 5.69 Å². The lowest BCUT2D eigenvalue weighted by atomic mass is 9.93. The van der Waals surface area contributed by atoms with Gasteiger partial charge in [0.25, 0.3) is 0 Å². The van der Waals surface area contributed by atoms with Crippen molar-refractivity contribution < 1.29 is 9.47 Å². The fraction of sp³-hybridized carbons (Fsp3) is 0.391. The first-order valence-corrected chi connectivity index (χ1v) is 9.96. The van der Waals surface area contributed by atoms with Crippen LogP contribution < -0.4 is 10.2 Å². The Balaban J connectivity index is 1.38. The Labute approximate surface area is 164 Å². The molecule has 3 aromatic rings. The van der Waals surface area contributed by atoms with Gasteiger partial charge in [-0.15, -0.1) is 0 Å². The molecule has 1 N–H and O–H groups in total. The molecule has 0 unspecified atom stereocenters. The van der Waals surface area contributed by atoms with Crippen LogP contribution in [0.25, 0.3) is 10.9 Å². The first kappa shape index (κ1) is 18.7. The van der Waals surface area contributed by atoms with E-state index in [0.717, 1.165) is 49.6 Å². The molecular formula is C23H26N2O3. The van der Waals surface area contributed by atoms with Gasteiger partial charge in [-0.05, 0) is 56.2 Å². The molecule has 0 bridgehead atoms. The number of aromatic nitrogens is 2. The topological polar surface area (TPSA) is 64.2 Å². The van der Waals surface area contributed by atoms with Gasteiger partial charge in [0.1, 0.15) is 6.61 Å². The van der Waals surface area contributed by atoms with E-state index in [1.165, 1.54) is 12.0 Å². The highest BCUT2D eigenvalue weighted by atomic mass is 16.5. The molecule has 1 aliphatic rings. The highest BCUT2D eigenvalue weighted by molar-refractivity contribution is 5.79. The third-order valence-electron chi connectivity index (χ3n) is 5.59. The van der Waals surface area contributed by atoms with Crippen LogP contribution in [0.1, 0.15) is 36.1 Å². The number of aryl methyl sites for hydroxylation is 1. The van der Waals surface area contributed by atoms with E-state index in [0.29, 0.717) is 23.4 Å². The summed E-state index contributed by atoms with van der Waals surface area (Å²) in [6.45, 7) is 3.91. The Morgan fingerprint density at radius 3 is 2.79 bits per heavy atom. The van der Waals surface area contributed by atoms with Gasteiger partial charge in [-0.25, -0.2) is 4.98 Å². The van der Waals surface area contributed by atoms with E-state index in [9.17, 15) is 4.79 Å². The Morgan fingerprint density at radius 2 is 2.00 bits per heavy atom. The van der Waals surface area contributed by atoms with Crippen molar-refractivity contribution in [2.24, 2.45) is 5.92 Å². The van der Waals surface area contributed by atoms with Crippen molar-refractivity contribution in [3.63, 3.8) is 0 Å². The number of fused-ring (bicyclic) bond motifs is 1. The van der Waals surface area contributed by atoms with Crippen LogP contribution in [0, 0.1) is 12.8 Å². The number of rotatable bonds is 6. The van der Waals surface area contributed by atoms with Crippen LogP contribution >= 0.6 is 0 Å². The maximum atomic E-state index is 12.5. The number of para-hydroxylation sites is 1. The number of aromatic amines is 1. The molecule has 0 atom stereocenters. The van der Waals surface area contributed by atoms with E-state index in [2.05, 4.69) is 16.0 Å². The molecule has 1 fully saturated rings. The van der Waals surface area contributed by atoms with Crippen LogP contribution in [-0.2, 0) is 17.8 Å². The molecule has 146 valence electrons. The minimum Gasteiger partial charge on any atom is -0.471 e. The van der Waals surface area contributed by atoms with Gasteiger partial charge in [-0.1, -0.05) is 18.2 Å². The molecule has 4 rings (SSSR count). The highest BCUT2D eigenvalue weighted by Gasteiger charge is 2.13. The molecule has 2 aromatic heterocycles. The molecule has 0 aliphatic carbocycles. The summed E-state index contributed by atoms with van der Waals surface area (Å²) in [5, 5.41) is 0.704. The monoisotopic (exact) mass is 378 g/mol. The highest BCUT2D eigenvalue weighted by Crippen LogP contribution is 2.21. The number of hydrogen-bond acceptors (Lipinski definition) is 4. The van der Waals surface area contributed by atoms with Crippen molar-refractivity contribution in [2.45, 2.75) is 39.2 Å². The van der Waals surface area contributed by atoms with Crippen molar-refractivity contribution in [2.75, 3.05) is 13.2 Å². The zero-order valence-corrected chi connectivity index (χ0v) is 16.2. The number of ether oxygens (including phenoxy) is 2. The quantitative estimate of drug-likeness (QED) is 0.699. The van der Waals surface area contributed by atoms with E-state index < -0.39 is 0 Å². The second-order valence-electron chi connectivity index (χ2n) is 7.49. The first-order chi connectivity index (χ1) is 13.7. The van der Waals surface area contributed by atoms with Gasteiger partial charge in [-0.3, -0.25) is 4.79 Å². The summed E-state index contributed by atoms with van der Waals surface area (Å²) >= 11 is 0. The molecule has 0 amide bonds. The summed E-state index contributed by atoms with van der Waals surface area (Å²) in [4.78, 5) is 20.3. The molecule has 5 nitrogen and oxygen atoms in total. The third-order valence-corrected chi connectivity index (χ3v) is 5.59. The van der Waals surface area contributed by atoms with Crippen LogP contribution in [0.2, 0.25) is 0 Å². The molecule has 1 aliphatic heterocycles. The van der Waals surface area contributed by atoms with E-state index >= 15 is 0 Å². The average Bonchev–Trinajstić information content (AvgIpc) is 2.75. The van der Waals surface area contributed by atoms with Crippen molar-refractivity contribution in [3.8, 4) is 5.88 Å². The van der Waals surface area contributed by atoms with Gasteiger partial charge >= 0.3 is 0 Å². The van der Waals surface area contributed by atoms with E-state index in [-0.39, 0.29) is 5.43 Å². The van der Waals surface area contributed by atoms with Crippen LogP contribution in [0.5, 0.6) is 5.88 Å². The predicted octanol–water partition coefficient (Wildman–Crippen LogP) is 4.17. The summed E-state index contributed by atoms with van der Waals surface area (Å²) in [5.74, 6) is 1.33. The Bertz CT molecular complexity index is 989. The lowest BCUT2D eigenvalue weighted by Crippen LogP contribution is -2.16. The molecule has 5 heteroatoms. The van der Waals surface area contributed by atoms with Gasteiger partial charge in [-0.2, -0.15) is 0 Å². The van der Waals surface area contributed by atoms with Gasteiger partial charge in [0.2, 0.25) is 5.88 Å². The second kappa shape index (κ2) is 8.57. The van der Waals surface area contributed by atoms with Gasteiger partial charge < -0.3 is 14.5 Å². The Morgan fingerprint density at radius 1 is 1.18 bits per heavy atom. The van der Waals surface area contributed by atoms with Crippen LogP contribution in [0.3, 0.4) is 0 Å². The van der Waals surface area contributed by atoms with E-state index in [1.54, 1.807) is 0 Å². The molecule has 0 radical (unpaired) electrons. The minimum atomic E-state index is 0.0457. The van der Waals surface area contributed by atoms with Crippen molar-refractivity contribution in [3.05, 3.63) is 69.6 Å². The van der Waals surface area contributed by atoms with E-state index in [4.69, 9.17) is 9.47 Å². The SMILES string of the molecule is Cc1c(COc2ccc(CCC3CCOCC3)cn2)[nH]c2ccccc2c1=O. The zero-order chi connectivity index (χ0) is 19.3. The molecule has 3 heterocycles. The third kappa shape index (κ3) is 4.25. The number of nitrogens with one attached hydrogen (secondary N) is 1. The molecule has 0 saturated carbocycles. The summed E-state index contributed by atoms with van der Waals surface area (Å²) < 4.78 is 11.2. The summed E-state index contributed by atoms with van der Waals surface area (Å²) in [6.07, 6.45) is 6.44. The molecule has 1 aromatic carbocycles. The Hall–Kier alpha value is -2.66. The number of benzene rings is 1. The largest absolute Gasteiger partial charge is 0.471 e. The summed E-state index contributed by atoms with van der Waals surface area (Å²) in [5.41, 5.74) is 3.58. The molecule has 28 heavy (non-hydrogen) atoms. The average molecular weight is 378 g/mol. The van der Waals surface area contributed by atoms with Crippen molar-refractivity contribution in [1.82, 2.24) is 9.97 Å². The van der Waals surface area contributed by atoms with Crippen LogP contribution in [0.4, 0.5) is 0 Å². The lowest BCUT2D eigenvalue weighted by molar-refractivity contribution is 0.0640. The molecule has 1 saturated heterocycles. The van der Waals surface area contributed by atoms with Crippen LogP contribution in [-0.4, -0.2) is 23.2 Å². The maximum Gasteiger partial charge on any atom is 0.213 e. The fourth-order valence-electron chi connectivity index (χ4n) is 3.73. The molecular weight excluding hydrogens is 352 g/mol. The minimum absolute atomic E-state index is 0.0457. The predicted molar refractivity (Wildman–Crippen MR) is 110 cm³/mol. The van der Waals surface area contributed by atoms with Crippen LogP contribution in [0.15, 0.2) is 47.4 Å². The summed E-state index contributed by atoms with van der Waals surface area (Å²) in [6, 6.07) is 11.5. The van der Waals surface area contributed by atoms with Gasteiger partial charge in [0, 0.05) is 41.9 Å². The maximum absolute atomic E-state index is 12.5. The molecule has 0 spiro atoms. The second-order valence-corrected chi connectivity index (χ2v) is 7.49. The Kier molecular flexibility index (Phi) is 5.72. The lowest BCUT2D eigenvalue weighted by Gasteiger charge is -2.21. The standard InChI is InChI=1S/C23H26N2O3/c1-16-21(25-20-5-3-2-4-19(20)23(16)26)15-28-22-9-8-18(14-24-22)7-6-17-10-12-27-13-11-17/h2-5,8-9,14,17H,6-7,10-13,15H2,1H3,(H,25,26). The zero-order valence-electron chi connectivity index (χ0n) is 16.2. The smallest absolute Gasteiger partial charge is 0.213 e. The fourth-order valence-corrected chi connectivity index (χ4v) is 3.73. The normalized spacial score (nSPS) is 15.0. The summed E-state index contributed by atoms with van der Waals surface area (Å²) in [7, 11) is 0. The number of pyridine rings is 2.